The molecule has 0 aliphatic heterocycles. The number of Topliss-reactive ketones (excluding diaryl/α,β-unsaturated/α-hetero) is 1. The molecule has 0 bridgehead atoms. The number of rotatable bonds is 4. The van der Waals surface area contributed by atoms with Gasteiger partial charge in [0.05, 0.1) is 11.9 Å². The van der Waals surface area contributed by atoms with Gasteiger partial charge in [-0.1, -0.05) is 28.1 Å². The average molecular weight is 349 g/mol. The summed E-state index contributed by atoms with van der Waals surface area (Å²) in [6, 6.07) is 6.85. The van der Waals surface area contributed by atoms with Crippen LogP contribution in [-0.2, 0) is 4.74 Å². The Bertz CT molecular complexity index is 654. The standard InChI is InChI=1S/C15H13BrN2O3/c1-9-7-18-13(8-17-9)15(20)21-10(2)14(19)11-3-5-12(16)6-4-11/h3-8,10H,1-2H3/t10-/m1/s1. The van der Waals surface area contributed by atoms with Gasteiger partial charge in [0.1, 0.15) is 0 Å². The van der Waals surface area contributed by atoms with E-state index in [2.05, 4.69) is 25.9 Å². The zero-order valence-electron chi connectivity index (χ0n) is 11.5. The summed E-state index contributed by atoms with van der Waals surface area (Å²) in [5, 5.41) is 0. The summed E-state index contributed by atoms with van der Waals surface area (Å²) in [6.07, 6.45) is 1.91. The molecular formula is C15H13BrN2O3. The number of carbonyl (C=O) groups excluding carboxylic acids is 2. The predicted octanol–water partition coefficient (Wildman–Crippen LogP) is 2.98. The molecule has 0 saturated heterocycles. The maximum atomic E-state index is 12.1. The van der Waals surface area contributed by atoms with Gasteiger partial charge in [-0.05, 0) is 26.0 Å². The summed E-state index contributed by atoms with van der Waals surface area (Å²) in [5.74, 6) is -0.934. The lowest BCUT2D eigenvalue weighted by Crippen LogP contribution is -2.25. The molecule has 21 heavy (non-hydrogen) atoms. The van der Waals surface area contributed by atoms with Gasteiger partial charge in [0.25, 0.3) is 0 Å². The molecule has 0 unspecified atom stereocenters. The molecule has 5 nitrogen and oxygen atoms in total. The summed E-state index contributed by atoms with van der Waals surface area (Å²) in [4.78, 5) is 31.9. The van der Waals surface area contributed by atoms with Gasteiger partial charge in [0.15, 0.2) is 11.8 Å². The number of benzene rings is 1. The van der Waals surface area contributed by atoms with Crippen molar-refractivity contribution in [2.24, 2.45) is 0 Å². The van der Waals surface area contributed by atoms with E-state index in [0.29, 0.717) is 11.3 Å². The third-order valence-electron chi connectivity index (χ3n) is 2.77. The van der Waals surface area contributed by atoms with E-state index in [9.17, 15) is 9.59 Å². The van der Waals surface area contributed by atoms with Gasteiger partial charge in [-0.25, -0.2) is 9.78 Å². The highest BCUT2D eigenvalue weighted by molar-refractivity contribution is 9.10. The van der Waals surface area contributed by atoms with Gasteiger partial charge in [0, 0.05) is 16.2 Å². The Balaban J connectivity index is 2.05. The smallest absolute Gasteiger partial charge is 0.359 e. The molecule has 0 aliphatic carbocycles. The van der Waals surface area contributed by atoms with Crippen LogP contribution in [-0.4, -0.2) is 27.8 Å². The van der Waals surface area contributed by atoms with Gasteiger partial charge in [-0.3, -0.25) is 9.78 Å². The van der Waals surface area contributed by atoms with E-state index in [0.717, 1.165) is 4.47 Å². The van der Waals surface area contributed by atoms with Crippen LogP contribution in [0.25, 0.3) is 0 Å². The van der Waals surface area contributed by atoms with Gasteiger partial charge in [-0.15, -0.1) is 0 Å². The fourth-order valence-electron chi connectivity index (χ4n) is 1.62. The largest absolute Gasteiger partial charge is 0.449 e. The number of nitrogens with zero attached hydrogens (tertiary/aromatic N) is 2. The van der Waals surface area contributed by atoms with Crippen LogP contribution in [0.4, 0.5) is 0 Å². The zero-order chi connectivity index (χ0) is 15.4. The lowest BCUT2D eigenvalue weighted by atomic mass is 10.1. The van der Waals surface area contributed by atoms with Crippen molar-refractivity contribution in [1.82, 2.24) is 9.97 Å². The highest BCUT2D eigenvalue weighted by Gasteiger charge is 2.21. The first-order chi connectivity index (χ1) is 9.97. The van der Waals surface area contributed by atoms with E-state index in [1.54, 1.807) is 31.2 Å². The van der Waals surface area contributed by atoms with Crippen LogP contribution in [0, 0.1) is 6.92 Å². The predicted molar refractivity (Wildman–Crippen MR) is 80.1 cm³/mol. The molecule has 1 heterocycles. The van der Waals surface area contributed by atoms with Crippen molar-refractivity contribution in [2.75, 3.05) is 0 Å². The SMILES string of the molecule is Cc1cnc(C(=O)O[C@H](C)C(=O)c2ccc(Br)cc2)cn1. The number of ketones is 1. The number of aryl methyl sites for hydroxylation is 1. The monoisotopic (exact) mass is 348 g/mol. The van der Waals surface area contributed by atoms with Crippen LogP contribution >= 0.6 is 15.9 Å². The topological polar surface area (TPSA) is 69.2 Å². The third-order valence-corrected chi connectivity index (χ3v) is 3.30. The first-order valence-corrected chi connectivity index (χ1v) is 7.06. The molecule has 0 amide bonds. The average Bonchev–Trinajstić information content (AvgIpc) is 2.47. The molecule has 6 heteroatoms. The molecule has 0 fully saturated rings. The molecule has 2 rings (SSSR count). The lowest BCUT2D eigenvalue weighted by molar-refractivity contribution is 0.0312. The molecule has 1 atom stereocenters. The van der Waals surface area contributed by atoms with Crippen LogP contribution in [0.5, 0.6) is 0 Å². The second kappa shape index (κ2) is 6.58. The van der Waals surface area contributed by atoms with Crippen molar-refractivity contribution in [1.29, 1.82) is 0 Å². The molecule has 0 radical (unpaired) electrons. The Hall–Kier alpha value is -2.08. The first kappa shape index (κ1) is 15.3. The Labute approximate surface area is 130 Å². The maximum Gasteiger partial charge on any atom is 0.359 e. The van der Waals surface area contributed by atoms with Crippen LogP contribution in [0.1, 0.15) is 33.5 Å². The second-order valence-electron chi connectivity index (χ2n) is 4.46. The van der Waals surface area contributed by atoms with Crippen LogP contribution in [0.2, 0.25) is 0 Å². The molecular weight excluding hydrogens is 336 g/mol. The third kappa shape index (κ3) is 3.95. The molecule has 1 aromatic heterocycles. The van der Waals surface area contributed by atoms with Crippen molar-refractivity contribution >= 4 is 27.7 Å². The fourth-order valence-corrected chi connectivity index (χ4v) is 1.89. The van der Waals surface area contributed by atoms with Crippen molar-refractivity contribution in [2.45, 2.75) is 20.0 Å². The van der Waals surface area contributed by atoms with Crippen LogP contribution in [0.15, 0.2) is 41.1 Å². The molecule has 0 N–H and O–H groups in total. The second-order valence-corrected chi connectivity index (χ2v) is 5.38. The van der Waals surface area contributed by atoms with Gasteiger partial charge < -0.3 is 4.74 Å². The van der Waals surface area contributed by atoms with Gasteiger partial charge >= 0.3 is 5.97 Å². The minimum atomic E-state index is -0.887. The molecule has 2 aromatic rings. The Morgan fingerprint density at radius 2 is 1.81 bits per heavy atom. The maximum absolute atomic E-state index is 12.1. The number of carbonyl (C=O) groups is 2. The number of ether oxygens (including phenoxy) is 1. The summed E-state index contributed by atoms with van der Waals surface area (Å²) in [6.45, 7) is 3.30. The van der Waals surface area contributed by atoms with E-state index in [-0.39, 0.29) is 11.5 Å². The minimum Gasteiger partial charge on any atom is -0.449 e. The quantitative estimate of drug-likeness (QED) is 0.627. The Morgan fingerprint density at radius 1 is 1.14 bits per heavy atom. The van der Waals surface area contributed by atoms with Crippen LogP contribution < -0.4 is 0 Å². The summed E-state index contributed by atoms with van der Waals surface area (Å²) in [5.41, 5.74) is 1.26. The zero-order valence-corrected chi connectivity index (χ0v) is 13.1. The van der Waals surface area contributed by atoms with E-state index in [1.807, 2.05) is 0 Å². The summed E-state index contributed by atoms with van der Waals surface area (Å²) >= 11 is 3.30. The summed E-state index contributed by atoms with van der Waals surface area (Å²) in [7, 11) is 0. The highest BCUT2D eigenvalue weighted by atomic mass is 79.9. The minimum absolute atomic E-state index is 0.0797. The number of hydrogen-bond donors (Lipinski definition) is 0. The number of halogens is 1. The normalized spacial score (nSPS) is 11.8. The van der Waals surface area contributed by atoms with E-state index < -0.39 is 12.1 Å². The molecule has 0 saturated carbocycles. The van der Waals surface area contributed by atoms with Gasteiger partial charge in [-0.2, -0.15) is 0 Å². The Morgan fingerprint density at radius 3 is 2.38 bits per heavy atom. The van der Waals surface area contributed by atoms with E-state index in [4.69, 9.17) is 4.74 Å². The van der Waals surface area contributed by atoms with Crippen molar-refractivity contribution < 1.29 is 14.3 Å². The molecule has 108 valence electrons. The number of aromatic nitrogens is 2. The van der Waals surface area contributed by atoms with E-state index >= 15 is 0 Å². The Kier molecular flexibility index (Phi) is 4.80. The fraction of sp³-hybridized carbons (Fsp3) is 0.200. The van der Waals surface area contributed by atoms with Crippen molar-refractivity contribution in [3.05, 3.63) is 58.1 Å². The molecule has 0 aliphatic rings. The lowest BCUT2D eigenvalue weighted by Gasteiger charge is -2.12. The summed E-state index contributed by atoms with van der Waals surface area (Å²) < 4.78 is 5.99. The van der Waals surface area contributed by atoms with Crippen molar-refractivity contribution in [3.8, 4) is 0 Å². The van der Waals surface area contributed by atoms with Gasteiger partial charge in [0.2, 0.25) is 5.78 Å². The molecule has 0 spiro atoms. The van der Waals surface area contributed by atoms with Crippen molar-refractivity contribution in [3.63, 3.8) is 0 Å². The van der Waals surface area contributed by atoms with Crippen LogP contribution in [0.3, 0.4) is 0 Å². The number of esters is 1. The first-order valence-electron chi connectivity index (χ1n) is 6.27. The number of hydrogen-bond acceptors (Lipinski definition) is 5. The molecule has 1 aromatic carbocycles. The highest BCUT2D eigenvalue weighted by Crippen LogP contribution is 2.13. The van der Waals surface area contributed by atoms with E-state index in [1.165, 1.54) is 19.3 Å².